The number of hydrogen-bond acceptors (Lipinski definition) is 2. The third kappa shape index (κ3) is 7.20. The van der Waals surface area contributed by atoms with Crippen molar-refractivity contribution in [2.75, 3.05) is 13.1 Å². The lowest BCUT2D eigenvalue weighted by molar-refractivity contribution is -0.137. The molecule has 0 spiro atoms. The molecule has 5 heteroatoms. The Hall–Kier alpha value is -1.91. The van der Waals surface area contributed by atoms with Crippen LogP contribution in [0.3, 0.4) is 0 Å². The molecule has 1 aromatic rings. The van der Waals surface area contributed by atoms with Gasteiger partial charge in [0, 0.05) is 25.9 Å². The molecule has 0 bridgehead atoms. The third-order valence-electron chi connectivity index (χ3n) is 3.44. The highest BCUT2D eigenvalue weighted by Crippen LogP contribution is 2.08. The maximum atomic E-state index is 13.1. The molecule has 0 saturated heterocycles. The molecule has 122 valence electrons. The van der Waals surface area contributed by atoms with Crippen molar-refractivity contribution in [2.45, 2.75) is 45.4 Å². The Kier molecular flexibility index (Phi) is 8.18. The summed E-state index contributed by atoms with van der Waals surface area (Å²) < 4.78 is 13.1. The van der Waals surface area contributed by atoms with Crippen molar-refractivity contribution in [3.63, 3.8) is 0 Å². The maximum absolute atomic E-state index is 13.1. The van der Waals surface area contributed by atoms with Crippen LogP contribution in [-0.4, -0.2) is 35.0 Å². The Labute approximate surface area is 130 Å². The predicted octanol–water partition coefficient (Wildman–Crippen LogP) is 3.25. The molecule has 1 aromatic carbocycles. The summed E-state index contributed by atoms with van der Waals surface area (Å²) in [5, 5.41) is 8.58. The quantitative estimate of drug-likeness (QED) is 0.675. The first-order valence-corrected chi connectivity index (χ1v) is 7.77. The normalized spacial score (nSPS) is 10.5. The predicted molar refractivity (Wildman–Crippen MR) is 83.1 cm³/mol. The summed E-state index contributed by atoms with van der Waals surface area (Å²) in [4.78, 5) is 24.4. The number of carbonyl (C=O) groups excluding carboxylic acids is 1. The number of carboxylic acid groups (broad SMARTS) is 1. The molecule has 0 aliphatic rings. The van der Waals surface area contributed by atoms with Crippen LogP contribution in [0.5, 0.6) is 0 Å². The number of aliphatic carboxylic acids is 1. The molecular weight excluding hydrogens is 285 g/mol. The van der Waals surface area contributed by atoms with Crippen molar-refractivity contribution in [3.8, 4) is 0 Å². The van der Waals surface area contributed by atoms with Crippen LogP contribution < -0.4 is 0 Å². The van der Waals surface area contributed by atoms with E-state index in [1.54, 1.807) is 11.0 Å². The van der Waals surface area contributed by atoms with Crippen molar-refractivity contribution in [2.24, 2.45) is 0 Å². The molecule has 1 amide bonds. The van der Waals surface area contributed by atoms with Gasteiger partial charge in [0.15, 0.2) is 0 Å². The van der Waals surface area contributed by atoms with Crippen molar-refractivity contribution in [1.82, 2.24) is 4.90 Å². The molecule has 0 aromatic heterocycles. The number of nitrogens with zero attached hydrogens (tertiary/aromatic N) is 1. The molecule has 1 rings (SSSR count). The lowest BCUT2D eigenvalue weighted by atomic mass is 10.1. The average Bonchev–Trinajstić information content (AvgIpc) is 2.47. The molecule has 0 unspecified atom stereocenters. The van der Waals surface area contributed by atoms with Gasteiger partial charge in [-0.3, -0.25) is 9.59 Å². The topological polar surface area (TPSA) is 57.6 Å². The van der Waals surface area contributed by atoms with Crippen molar-refractivity contribution in [3.05, 3.63) is 35.6 Å². The smallest absolute Gasteiger partial charge is 0.303 e. The SMILES string of the molecule is CCCN(CCc1cccc(F)c1)C(=O)CCCCC(=O)O. The summed E-state index contributed by atoms with van der Waals surface area (Å²) in [6.07, 6.45) is 3.07. The maximum Gasteiger partial charge on any atom is 0.303 e. The van der Waals surface area contributed by atoms with Crippen molar-refractivity contribution >= 4 is 11.9 Å². The lowest BCUT2D eigenvalue weighted by Gasteiger charge is -2.22. The van der Waals surface area contributed by atoms with E-state index in [-0.39, 0.29) is 18.1 Å². The summed E-state index contributed by atoms with van der Waals surface area (Å²) in [6, 6.07) is 6.41. The largest absolute Gasteiger partial charge is 0.481 e. The van der Waals surface area contributed by atoms with E-state index in [1.165, 1.54) is 12.1 Å². The summed E-state index contributed by atoms with van der Waals surface area (Å²) in [5.41, 5.74) is 0.875. The minimum atomic E-state index is -0.830. The molecule has 1 N–H and O–H groups in total. The zero-order valence-electron chi connectivity index (χ0n) is 13.1. The molecule has 0 fully saturated rings. The van der Waals surface area contributed by atoms with Gasteiger partial charge in [0.05, 0.1) is 0 Å². The van der Waals surface area contributed by atoms with Crippen LogP contribution in [0.4, 0.5) is 4.39 Å². The molecule has 0 heterocycles. The summed E-state index contributed by atoms with van der Waals surface area (Å²) in [7, 11) is 0. The van der Waals surface area contributed by atoms with E-state index >= 15 is 0 Å². The van der Waals surface area contributed by atoms with Gasteiger partial charge >= 0.3 is 5.97 Å². The Morgan fingerprint density at radius 2 is 1.91 bits per heavy atom. The van der Waals surface area contributed by atoms with E-state index in [9.17, 15) is 14.0 Å². The molecule has 22 heavy (non-hydrogen) atoms. The van der Waals surface area contributed by atoms with E-state index in [2.05, 4.69) is 0 Å². The second-order valence-corrected chi connectivity index (χ2v) is 5.36. The molecule has 0 aliphatic carbocycles. The number of halogens is 1. The Bertz CT molecular complexity index is 491. The Balaban J connectivity index is 2.42. The van der Waals surface area contributed by atoms with Crippen molar-refractivity contribution in [1.29, 1.82) is 0 Å². The van der Waals surface area contributed by atoms with Crippen LogP contribution in [0, 0.1) is 5.82 Å². The van der Waals surface area contributed by atoms with Gasteiger partial charge in [-0.15, -0.1) is 0 Å². The van der Waals surface area contributed by atoms with Crippen LogP contribution in [0.1, 0.15) is 44.6 Å². The average molecular weight is 309 g/mol. The molecule has 0 aliphatic heterocycles. The number of unbranched alkanes of at least 4 members (excludes halogenated alkanes) is 1. The van der Waals surface area contributed by atoms with E-state index in [4.69, 9.17) is 5.11 Å². The molecule has 0 saturated carbocycles. The molecule has 4 nitrogen and oxygen atoms in total. The first kappa shape index (κ1) is 18.1. The molecular formula is C17H24FNO3. The monoisotopic (exact) mass is 309 g/mol. The van der Waals surface area contributed by atoms with Gasteiger partial charge in [0.2, 0.25) is 5.91 Å². The van der Waals surface area contributed by atoms with Gasteiger partial charge in [0.25, 0.3) is 0 Å². The highest BCUT2D eigenvalue weighted by molar-refractivity contribution is 5.76. The van der Waals surface area contributed by atoms with Crippen LogP contribution >= 0.6 is 0 Å². The number of hydrogen-bond donors (Lipinski definition) is 1. The summed E-state index contributed by atoms with van der Waals surface area (Å²) in [6.45, 7) is 3.25. The Morgan fingerprint density at radius 1 is 1.18 bits per heavy atom. The van der Waals surface area contributed by atoms with Gasteiger partial charge in [-0.05, 0) is 43.4 Å². The molecule has 0 atom stereocenters. The standard InChI is InChI=1S/C17H24FNO3/c1-2-11-19(16(20)8-3-4-9-17(21)22)12-10-14-6-5-7-15(18)13-14/h5-7,13H,2-4,8-12H2,1H3,(H,21,22). The summed E-state index contributed by atoms with van der Waals surface area (Å²) in [5.74, 6) is -1.05. The first-order chi connectivity index (χ1) is 10.5. The minimum Gasteiger partial charge on any atom is -0.481 e. The molecule has 0 radical (unpaired) electrons. The highest BCUT2D eigenvalue weighted by atomic mass is 19.1. The zero-order chi connectivity index (χ0) is 16.4. The number of benzene rings is 1. The van der Waals surface area contributed by atoms with Gasteiger partial charge in [-0.25, -0.2) is 4.39 Å². The van der Waals surface area contributed by atoms with Gasteiger partial charge in [-0.2, -0.15) is 0 Å². The number of amides is 1. The van der Waals surface area contributed by atoms with Crippen LogP contribution in [-0.2, 0) is 16.0 Å². The fourth-order valence-corrected chi connectivity index (χ4v) is 2.30. The number of carboxylic acids is 1. The fraction of sp³-hybridized carbons (Fsp3) is 0.529. The Morgan fingerprint density at radius 3 is 2.55 bits per heavy atom. The number of rotatable bonds is 10. The van der Waals surface area contributed by atoms with Crippen molar-refractivity contribution < 1.29 is 19.1 Å². The van der Waals surface area contributed by atoms with Crippen LogP contribution in [0.15, 0.2) is 24.3 Å². The van der Waals surface area contributed by atoms with E-state index in [1.807, 2.05) is 13.0 Å². The zero-order valence-corrected chi connectivity index (χ0v) is 13.1. The van der Waals surface area contributed by atoms with Gasteiger partial charge in [0.1, 0.15) is 5.82 Å². The number of carbonyl (C=O) groups is 2. The van der Waals surface area contributed by atoms with Crippen LogP contribution in [0.25, 0.3) is 0 Å². The minimum absolute atomic E-state index is 0.0450. The fourth-order valence-electron chi connectivity index (χ4n) is 2.30. The van der Waals surface area contributed by atoms with E-state index in [0.29, 0.717) is 38.8 Å². The first-order valence-electron chi connectivity index (χ1n) is 7.77. The lowest BCUT2D eigenvalue weighted by Crippen LogP contribution is -2.33. The third-order valence-corrected chi connectivity index (χ3v) is 3.44. The second kappa shape index (κ2) is 9.92. The van der Waals surface area contributed by atoms with E-state index in [0.717, 1.165) is 12.0 Å². The summed E-state index contributed by atoms with van der Waals surface area (Å²) >= 11 is 0. The van der Waals surface area contributed by atoms with E-state index < -0.39 is 5.97 Å². The second-order valence-electron chi connectivity index (χ2n) is 5.36. The van der Waals surface area contributed by atoms with Crippen LogP contribution in [0.2, 0.25) is 0 Å². The highest BCUT2D eigenvalue weighted by Gasteiger charge is 2.12. The van der Waals surface area contributed by atoms with Gasteiger partial charge in [-0.1, -0.05) is 19.1 Å². The van der Waals surface area contributed by atoms with Gasteiger partial charge < -0.3 is 10.0 Å².